The first kappa shape index (κ1) is 15.1. The van der Waals surface area contributed by atoms with Crippen LogP contribution in [0.1, 0.15) is 32.9 Å². The van der Waals surface area contributed by atoms with Gasteiger partial charge in [0.25, 0.3) is 5.91 Å². The minimum absolute atomic E-state index is 0.00713. The summed E-state index contributed by atoms with van der Waals surface area (Å²) in [6.07, 6.45) is -4.40. The molecule has 0 unspecified atom stereocenters. The average molecular weight is 298 g/mol. The molecule has 2 rings (SSSR count). The summed E-state index contributed by atoms with van der Waals surface area (Å²) in [5, 5.41) is 6.21. The Labute approximate surface area is 118 Å². The molecule has 112 valence electrons. The Kier molecular flexibility index (Phi) is 4.02. The highest BCUT2D eigenvalue weighted by molar-refractivity contribution is 5.96. The number of aromatic nitrogens is 1. The van der Waals surface area contributed by atoms with Crippen molar-refractivity contribution in [1.82, 2.24) is 10.5 Å². The highest BCUT2D eigenvalue weighted by atomic mass is 19.4. The highest BCUT2D eigenvalue weighted by Gasteiger charge is 2.30. The molecule has 1 aromatic carbocycles. The van der Waals surface area contributed by atoms with Gasteiger partial charge in [-0.25, -0.2) is 0 Å². The van der Waals surface area contributed by atoms with E-state index in [-0.39, 0.29) is 6.54 Å². The van der Waals surface area contributed by atoms with Gasteiger partial charge in [-0.15, -0.1) is 0 Å². The van der Waals surface area contributed by atoms with Gasteiger partial charge in [0.2, 0.25) is 0 Å². The fourth-order valence-corrected chi connectivity index (χ4v) is 1.94. The van der Waals surface area contributed by atoms with E-state index in [1.54, 1.807) is 13.8 Å². The summed E-state index contributed by atoms with van der Waals surface area (Å²) in [4.78, 5) is 12.0. The number of halogens is 3. The quantitative estimate of drug-likeness (QED) is 0.946. The van der Waals surface area contributed by atoms with Gasteiger partial charge in [0.15, 0.2) is 0 Å². The van der Waals surface area contributed by atoms with Crippen LogP contribution in [0.2, 0.25) is 0 Å². The third-order valence-electron chi connectivity index (χ3n) is 2.97. The maximum atomic E-state index is 12.6. The number of amides is 1. The Morgan fingerprint density at radius 3 is 2.62 bits per heavy atom. The maximum absolute atomic E-state index is 12.6. The molecule has 7 heteroatoms. The predicted octanol–water partition coefficient (Wildman–Crippen LogP) is 3.24. The molecule has 0 aliphatic carbocycles. The molecule has 0 atom stereocenters. The molecule has 21 heavy (non-hydrogen) atoms. The van der Waals surface area contributed by atoms with Crippen molar-refractivity contribution >= 4 is 5.91 Å². The number of hydrogen-bond acceptors (Lipinski definition) is 3. The number of carbonyl (C=O) groups is 1. The molecule has 2 aromatic rings. The molecule has 0 saturated heterocycles. The van der Waals surface area contributed by atoms with Crippen molar-refractivity contribution in [2.24, 2.45) is 0 Å². The summed E-state index contributed by atoms with van der Waals surface area (Å²) in [6.45, 7) is 3.21. The number of nitrogens with zero attached hydrogens (tertiary/aromatic N) is 1. The molecule has 0 radical (unpaired) electrons. The largest absolute Gasteiger partial charge is 0.416 e. The molecule has 0 aliphatic rings. The van der Waals surface area contributed by atoms with Crippen molar-refractivity contribution < 1.29 is 22.5 Å². The second kappa shape index (κ2) is 5.59. The molecule has 0 fully saturated rings. The molecular weight excluding hydrogens is 285 g/mol. The molecular formula is C14H13F3N2O2. The summed E-state index contributed by atoms with van der Waals surface area (Å²) in [7, 11) is 0. The minimum atomic E-state index is -4.40. The van der Waals surface area contributed by atoms with E-state index in [1.165, 1.54) is 12.1 Å². The molecule has 0 aliphatic heterocycles. The lowest BCUT2D eigenvalue weighted by Gasteiger charge is -2.09. The second-order valence-corrected chi connectivity index (χ2v) is 4.58. The Balaban J connectivity index is 2.09. The monoisotopic (exact) mass is 298 g/mol. The van der Waals surface area contributed by atoms with Gasteiger partial charge in [-0.1, -0.05) is 17.3 Å². The van der Waals surface area contributed by atoms with E-state index in [0.29, 0.717) is 22.6 Å². The van der Waals surface area contributed by atoms with Crippen molar-refractivity contribution in [3.63, 3.8) is 0 Å². The van der Waals surface area contributed by atoms with Crippen LogP contribution >= 0.6 is 0 Å². The molecule has 1 N–H and O–H groups in total. The maximum Gasteiger partial charge on any atom is 0.416 e. The number of alkyl halides is 3. The van der Waals surface area contributed by atoms with Gasteiger partial charge < -0.3 is 9.84 Å². The van der Waals surface area contributed by atoms with Gasteiger partial charge in [-0.05, 0) is 31.5 Å². The Hall–Kier alpha value is -2.31. The van der Waals surface area contributed by atoms with Crippen molar-refractivity contribution in [3.8, 4) is 0 Å². The Morgan fingerprint density at radius 1 is 1.33 bits per heavy atom. The molecule has 4 nitrogen and oxygen atoms in total. The lowest BCUT2D eigenvalue weighted by molar-refractivity contribution is -0.137. The molecule has 0 bridgehead atoms. The van der Waals surface area contributed by atoms with E-state index >= 15 is 0 Å². The van der Waals surface area contributed by atoms with Crippen LogP contribution in [0.4, 0.5) is 13.2 Å². The minimum Gasteiger partial charge on any atom is -0.361 e. The standard InChI is InChI=1S/C14H13F3N2O2/c1-8-12(9(2)21-19-8)13(20)18-7-10-4-3-5-11(6-10)14(15,16)17/h3-6H,7H2,1-2H3,(H,18,20). The van der Waals surface area contributed by atoms with E-state index in [0.717, 1.165) is 12.1 Å². The fourth-order valence-electron chi connectivity index (χ4n) is 1.94. The first-order valence-corrected chi connectivity index (χ1v) is 6.16. The van der Waals surface area contributed by atoms with Crippen LogP contribution in [0, 0.1) is 13.8 Å². The normalized spacial score (nSPS) is 11.5. The van der Waals surface area contributed by atoms with Crippen LogP contribution in [0.15, 0.2) is 28.8 Å². The van der Waals surface area contributed by atoms with E-state index in [9.17, 15) is 18.0 Å². The molecule has 1 amide bonds. The number of rotatable bonds is 3. The number of hydrogen-bond donors (Lipinski definition) is 1. The zero-order valence-corrected chi connectivity index (χ0v) is 11.4. The summed E-state index contributed by atoms with van der Waals surface area (Å²) >= 11 is 0. The SMILES string of the molecule is Cc1noc(C)c1C(=O)NCc1cccc(C(F)(F)F)c1. The van der Waals surface area contributed by atoms with Gasteiger partial charge in [-0.2, -0.15) is 13.2 Å². The third-order valence-corrected chi connectivity index (χ3v) is 2.97. The Bertz CT molecular complexity index is 643. The summed E-state index contributed by atoms with van der Waals surface area (Å²) in [5.74, 6) is -0.0577. The zero-order valence-electron chi connectivity index (χ0n) is 11.4. The van der Waals surface area contributed by atoms with Crippen LogP contribution in [0.5, 0.6) is 0 Å². The molecule has 1 heterocycles. The molecule has 1 aromatic heterocycles. The van der Waals surface area contributed by atoms with Crippen LogP contribution in [0.25, 0.3) is 0 Å². The van der Waals surface area contributed by atoms with Crippen molar-refractivity contribution in [3.05, 3.63) is 52.4 Å². The summed E-state index contributed by atoms with van der Waals surface area (Å²) < 4.78 is 42.6. The van der Waals surface area contributed by atoms with Crippen LogP contribution in [-0.2, 0) is 12.7 Å². The predicted molar refractivity (Wildman–Crippen MR) is 68.6 cm³/mol. The number of carbonyl (C=O) groups excluding carboxylic acids is 1. The van der Waals surface area contributed by atoms with Gasteiger partial charge in [0.05, 0.1) is 11.3 Å². The van der Waals surface area contributed by atoms with Crippen LogP contribution < -0.4 is 5.32 Å². The first-order chi connectivity index (χ1) is 9.79. The van der Waals surface area contributed by atoms with Crippen LogP contribution in [-0.4, -0.2) is 11.1 Å². The van der Waals surface area contributed by atoms with E-state index in [4.69, 9.17) is 4.52 Å². The van der Waals surface area contributed by atoms with Gasteiger partial charge in [0, 0.05) is 6.54 Å². The average Bonchev–Trinajstić information content (AvgIpc) is 2.75. The molecule has 0 spiro atoms. The van der Waals surface area contributed by atoms with Gasteiger partial charge >= 0.3 is 6.18 Å². The number of benzene rings is 1. The van der Waals surface area contributed by atoms with Crippen molar-refractivity contribution in [2.75, 3.05) is 0 Å². The third kappa shape index (κ3) is 3.42. The smallest absolute Gasteiger partial charge is 0.361 e. The van der Waals surface area contributed by atoms with Crippen molar-refractivity contribution in [2.45, 2.75) is 26.6 Å². The number of nitrogens with one attached hydrogen (secondary N) is 1. The summed E-state index contributed by atoms with van der Waals surface area (Å²) in [6, 6.07) is 4.82. The van der Waals surface area contributed by atoms with Gasteiger partial charge in [0.1, 0.15) is 11.3 Å². The van der Waals surface area contributed by atoms with Crippen LogP contribution in [0.3, 0.4) is 0 Å². The van der Waals surface area contributed by atoms with E-state index < -0.39 is 17.6 Å². The fraction of sp³-hybridized carbons (Fsp3) is 0.286. The second-order valence-electron chi connectivity index (χ2n) is 4.58. The van der Waals surface area contributed by atoms with Crippen molar-refractivity contribution in [1.29, 1.82) is 0 Å². The molecule has 0 saturated carbocycles. The first-order valence-electron chi connectivity index (χ1n) is 6.16. The zero-order chi connectivity index (χ0) is 15.6. The number of aryl methyl sites for hydroxylation is 2. The van der Waals surface area contributed by atoms with Gasteiger partial charge in [-0.3, -0.25) is 4.79 Å². The lowest BCUT2D eigenvalue weighted by atomic mass is 10.1. The summed E-state index contributed by atoms with van der Waals surface area (Å²) in [5.41, 5.74) is 0.368. The topological polar surface area (TPSA) is 55.1 Å². The lowest BCUT2D eigenvalue weighted by Crippen LogP contribution is -2.24. The van der Waals surface area contributed by atoms with E-state index in [1.807, 2.05) is 0 Å². The Morgan fingerprint density at radius 2 is 2.05 bits per heavy atom. The highest BCUT2D eigenvalue weighted by Crippen LogP contribution is 2.29. The van der Waals surface area contributed by atoms with E-state index in [2.05, 4.69) is 10.5 Å².